The molecule has 0 radical (unpaired) electrons. The zero-order valence-corrected chi connectivity index (χ0v) is 10.3. The molecule has 1 aromatic carbocycles. The van der Waals surface area contributed by atoms with Crippen LogP contribution in [0.1, 0.15) is 24.0 Å². The quantitative estimate of drug-likeness (QED) is 0.896. The highest BCUT2D eigenvalue weighted by Crippen LogP contribution is 2.34. The van der Waals surface area contributed by atoms with E-state index in [0.717, 1.165) is 43.2 Å². The molecule has 5 heteroatoms. The summed E-state index contributed by atoms with van der Waals surface area (Å²) in [6, 6.07) is 4.01. The lowest BCUT2D eigenvalue weighted by Crippen LogP contribution is -2.21. The summed E-state index contributed by atoms with van der Waals surface area (Å²) < 4.78 is 38.2. The van der Waals surface area contributed by atoms with Crippen molar-refractivity contribution in [2.75, 3.05) is 25.0 Å². The zero-order valence-electron chi connectivity index (χ0n) is 10.3. The number of benzene rings is 1. The Morgan fingerprint density at radius 3 is 2.44 bits per heavy atom. The average molecular weight is 258 g/mol. The number of anilines is 1. The predicted molar refractivity (Wildman–Crippen MR) is 65.7 cm³/mol. The summed E-state index contributed by atoms with van der Waals surface area (Å²) >= 11 is 0. The van der Waals surface area contributed by atoms with Gasteiger partial charge in [0.1, 0.15) is 0 Å². The molecule has 1 heterocycles. The van der Waals surface area contributed by atoms with Crippen molar-refractivity contribution >= 4 is 5.69 Å². The van der Waals surface area contributed by atoms with Gasteiger partial charge in [-0.3, -0.25) is 0 Å². The number of nitrogens with one attached hydrogen (secondary N) is 1. The zero-order chi connectivity index (χ0) is 13.2. The van der Waals surface area contributed by atoms with Gasteiger partial charge in [0.05, 0.1) is 5.56 Å². The van der Waals surface area contributed by atoms with Crippen LogP contribution in [0.4, 0.5) is 18.9 Å². The highest BCUT2D eigenvalue weighted by atomic mass is 19.4. The van der Waals surface area contributed by atoms with Crippen molar-refractivity contribution < 1.29 is 13.2 Å². The van der Waals surface area contributed by atoms with Gasteiger partial charge in [-0.25, -0.2) is 0 Å². The molecule has 1 saturated heterocycles. The summed E-state index contributed by atoms with van der Waals surface area (Å²) in [5.74, 6) is 0. The summed E-state index contributed by atoms with van der Waals surface area (Å²) in [5.41, 5.74) is 1.08. The van der Waals surface area contributed by atoms with Gasteiger partial charge in [0.25, 0.3) is 0 Å². The number of alkyl halides is 3. The third kappa shape index (κ3) is 2.77. The minimum Gasteiger partial charge on any atom is -0.371 e. The average Bonchev–Trinajstić information content (AvgIpc) is 2.82. The SMILES string of the molecule is CNCc1ccc(C(F)(F)F)cc1N1CCCC1. The fourth-order valence-corrected chi connectivity index (χ4v) is 2.33. The van der Waals surface area contributed by atoms with Gasteiger partial charge in [0.2, 0.25) is 0 Å². The first-order valence-electron chi connectivity index (χ1n) is 6.12. The lowest BCUT2D eigenvalue weighted by Gasteiger charge is -2.23. The summed E-state index contributed by atoms with van der Waals surface area (Å²) in [5, 5.41) is 3.00. The van der Waals surface area contributed by atoms with E-state index in [4.69, 9.17) is 0 Å². The van der Waals surface area contributed by atoms with Crippen LogP contribution in [0.25, 0.3) is 0 Å². The van der Waals surface area contributed by atoms with Gasteiger partial charge in [0, 0.05) is 25.3 Å². The number of nitrogens with zero attached hydrogens (tertiary/aromatic N) is 1. The Morgan fingerprint density at radius 1 is 1.22 bits per heavy atom. The summed E-state index contributed by atoms with van der Waals surface area (Å²) in [4.78, 5) is 2.04. The molecule has 100 valence electrons. The van der Waals surface area contributed by atoms with Crippen molar-refractivity contribution in [2.24, 2.45) is 0 Å². The molecule has 2 rings (SSSR count). The summed E-state index contributed by atoms with van der Waals surface area (Å²) in [6.07, 6.45) is -2.17. The van der Waals surface area contributed by atoms with E-state index in [1.165, 1.54) is 6.07 Å². The lowest BCUT2D eigenvalue weighted by molar-refractivity contribution is -0.137. The highest BCUT2D eigenvalue weighted by molar-refractivity contribution is 5.56. The molecule has 1 aliphatic heterocycles. The van der Waals surface area contributed by atoms with Gasteiger partial charge in [-0.05, 0) is 37.6 Å². The van der Waals surface area contributed by atoms with Crippen LogP contribution in [0.5, 0.6) is 0 Å². The smallest absolute Gasteiger partial charge is 0.371 e. The number of hydrogen-bond acceptors (Lipinski definition) is 2. The van der Waals surface area contributed by atoms with Crippen molar-refractivity contribution in [3.05, 3.63) is 29.3 Å². The molecule has 0 unspecified atom stereocenters. The molecule has 0 aliphatic carbocycles. The third-order valence-electron chi connectivity index (χ3n) is 3.23. The Labute approximate surface area is 105 Å². The van der Waals surface area contributed by atoms with E-state index in [2.05, 4.69) is 5.32 Å². The van der Waals surface area contributed by atoms with Gasteiger partial charge in [0.15, 0.2) is 0 Å². The van der Waals surface area contributed by atoms with Crippen LogP contribution in [0.15, 0.2) is 18.2 Å². The first kappa shape index (κ1) is 13.2. The van der Waals surface area contributed by atoms with E-state index in [1.807, 2.05) is 4.90 Å². The van der Waals surface area contributed by atoms with E-state index in [0.29, 0.717) is 6.54 Å². The van der Waals surface area contributed by atoms with Crippen molar-refractivity contribution in [3.8, 4) is 0 Å². The first-order valence-corrected chi connectivity index (χ1v) is 6.12. The second kappa shape index (κ2) is 5.18. The van der Waals surface area contributed by atoms with Crippen LogP contribution in [-0.2, 0) is 12.7 Å². The molecule has 1 N–H and O–H groups in total. The Morgan fingerprint density at radius 2 is 1.89 bits per heavy atom. The van der Waals surface area contributed by atoms with Gasteiger partial charge in [-0.1, -0.05) is 6.07 Å². The standard InChI is InChI=1S/C13H17F3N2/c1-17-9-10-4-5-11(13(14,15)16)8-12(10)18-6-2-3-7-18/h4-5,8,17H,2-3,6-7,9H2,1H3. The molecule has 0 aromatic heterocycles. The van der Waals surface area contributed by atoms with E-state index >= 15 is 0 Å². The molecule has 1 fully saturated rings. The lowest BCUT2D eigenvalue weighted by atomic mass is 10.1. The predicted octanol–water partition coefficient (Wildman–Crippen LogP) is 3.03. The summed E-state index contributed by atoms with van der Waals surface area (Å²) in [6.45, 7) is 2.28. The van der Waals surface area contributed by atoms with Gasteiger partial charge >= 0.3 is 6.18 Å². The van der Waals surface area contributed by atoms with Crippen LogP contribution in [-0.4, -0.2) is 20.1 Å². The maximum Gasteiger partial charge on any atom is 0.416 e. The van der Waals surface area contributed by atoms with Crippen molar-refractivity contribution in [1.82, 2.24) is 5.32 Å². The molecular weight excluding hydrogens is 241 g/mol. The normalized spacial score (nSPS) is 16.3. The topological polar surface area (TPSA) is 15.3 Å². The summed E-state index contributed by atoms with van der Waals surface area (Å²) in [7, 11) is 1.80. The van der Waals surface area contributed by atoms with E-state index < -0.39 is 11.7 Å². The Kier molecular flexibility index (Phi) is 3.80. The van der Waals surface area contributed by atoms with Gasteiger partial charge in [-0.15, -0.1) is 0 Å². The Balaban J connectivity index is 2.37. The van der Waals surface area contributed by atoms with Crippen LogP contribution in [0.3, 0.4) is 0 Å². The number of hydrogen-bond donors (Lipinski definition) is 1. The van der Waals surface area contributed by atoms with E-state index in [1.54, 1.807) is 13.1 Å². The maximum atomic E-state index is 12.7. The fraction of sp³-hybridized carbons (Fsp3) is 0.538. The second-order valence-corrected chi connectivity index (χ2v) is 4.57. The highest BCUT2D eigenvalue weighted by Gasteiger charge is 2.31. The largest absolute Gasteiger partial charge is 0.416 e. The van der Waals surface area contributed by atoms with Crippen LogP contribution in [0.2, 0.25) is 0 Å². The molecule has 0 bridgehead atoms. The first-order chi connectivity index (χ1) is 8.52. The van der Waals surface area contributed by atoms with E-state index in [-0.39, 0.29) is 0 Å². The van der Waals surface area contributed by atoms with Crippen LogP contribution < -0.4 is 10.2 Å². The molecule has 0 atom stereocenters. The molecule has 1 aliphatic rings. The molecule has 0 spiro atoms. The second-order valence-electron chi connectivity index (χ2n) is 4.57. The Hall–Kier alpha value is -1.23. The molecule has 0 amide bonds. The third-order valence-corrected chi connectivity index (χ3v) is 3.23. The Bertz CT molecular complexity index is 409. The molecule has 0 saturated carbocycles. The van der Waals surface area contributed by atoms with Crippen molar-refractivity contribution in [2.45, 2.75) is 25.6 Å². The minimum absolute atomic E-state index is 0.566. The van der Waals surface area contributed by atoms with Crippen molar-refractivity contribution in [1.29, 1.82) is 0 Å². The molecule has 18 heavy (non-hydrogen) atoms. The van der Waals surface area contributed by atoms with Gasteiger partial charge < -0.3 is 10.2 Å². The van der Waals surface area contributed by atoms with E-state index in [9.17, 15) is 13.2 Å². The number of halogens is 3. The van der Waals surface area contributed by atoms with Crippen LogP contribution >= 0.6 is 0 Å². The minimum atomic E-state index is -4.27. The molecular formula is C13H17F3N2. The fourth-order valence-electron chi connectivity index (χ4n) is 2.33. The maximum absolute atomic E-state index is 12.7. The molecule has 1 aromatic rings. The van der Waals surface area contributed by atoms with Gasteiger partial charge in [-0.2, -0.15) is 13.2 Å². The molecule has 2 nitrogen and oxygen atoms in total. The number of rotatable bonds is 3. The monoisotopic (exact) mass is 258 g/mol. The van der Waals surface area contributed by atoms with Crippen molar-refractivity contribution in [3.63, 3.8) is 0 Å². The van der Waals surface area contributed by atoms with Crippen LogP contribution in [0, 0.1) is 0 Å².